The molecule has 2 rings (SSSR count). The molecule has 1 aliphatic rings. The molecule has 1 fully saturated rings. The van der Waals surface area contributed by atoms with Crippen molar-refractivity contribution in [2.45, 2.75) is 33.1 Å². The van der Waals surface area contributed by atoms with E-state index < -0.39 is 5.97 Å². The standard InChI is InChI=1S/C17H24N2O4/c1-3-10-23-15-11-12(2)4-5-14(15)18-17(22)19-8-6-13(7-9-19)16(20)21/h4-5,11,13H,3,6-10H2,1-2H3,(H,18,22)(H,20,21). The summed E-state index contributed by atoms with van der Waals surface area (Å²) in [7, 11) is 0. The van der Waals surface area contributed by atoms with Crippen LogP contribution in [0.25, 0.3) is 0 Å². The first kappa shape index (κ1) is 17.1. The van der Waals surface area contributed by atoms with Gasteiger partial charge in [0.05, 0.1) is 18.2 Å². The second-order valence-corrected chi connectivity index (χ2v) is 5.88. The normalized spacial score (nSPS) is 15.3. The Labute approximate surface area is 136 Å². The highest BCUT2D eigenvalue weighted by Crippen LogP contribution is 2.27. The van der Waals surface area contributed by atoms with Gasteiger partial charge in [-0.25, -0.2) is 4.79 Å². The van der Waals surface area contributed by atoms with Crippen LogP contribution in [0.3, 0.4) is 0 Å². The van der Waals surface area contributed by atoms with E-state index in [1.807, 2.05) is 32.0 Å². The first-order valence-corrected chi connectivity index (χ1v) is 8.03. The van der Waals surface area contributed by atoms with Crippen LogP contribution in [0.15, 0.2) is 18.2 Å². The lowest BCUT2D eigenvalue weighted by molar-refractivity contribution is -0.143. The Morgan fingerprint density at radius 2 is 2.04 bits per heavy atom. The van der Waals surface area contributed by atoms with E-state index >= 15 is 0 Å². The number of hydrogen-bond acceptors (Lipinski definition) is 3. The predicted molar refractivity (Wildman–Crippen MR) is 87.9 cm³/mol. The number of nitrogens with one attached hydrogen (secondary N) is 1. The molecule has 0 aromatic heterocycles. The fourth-order valence-corrected chi connectivity index (χ4v) is 2.59. The molecule has 0 unspecified atom stereocenters. The van der Waals surface area contributed by atoms with Gasteiger partial charge < -0.3 is 20.1 Å². The summed E-state index contributed by atoms with van der Waals surface area (Å²) >= 11 is 0. The van der Waals surface area contributed by atoms with E-state index in [-0.39, 0.29) is 11.9 Å². The van der Waals surface area contributed by atoms with E-state index in [0.29, 0.717) is 44.0 Å². The van der Waals surface area contributed by atoms with Crippen molar-refractivity contribution in [2.75, 3.05) is 25.0 Å². The van der Waals surface area contributed by atoms with E-state index in [2.05, 4.69) is 5.32 Å². The van der Waals surface area contributed by atoms with Gasteiger partial charge in [-0.2, -0.15) is 0 Å². The Kier molecular flexibility index (Phi) is 5.84. The zero-order valence-corrected chi connectivity index (χ0v) is 13.7. The van der Waals surface area contributed by atoms with Crippen molar-refractivity contribution in [3.05, 3.63) is 23.8 Å². The van der Waals surface area contributed by atoms with Gasteiger partial charge in [-0.1, -0.05) is 13.0 Å². The molecule has 6 heteroatoms. The minimum atomic E-state index is -0.779. The molecule has 1 aromatic carbocycles. The Bertz CT molecular complexity index is 566. The fraction of sp³-hybridized carbons (Fsp3) is 0.529. The number of rotatable bonds is 5. The quantitative estimate of drug-likeness (QED) is 0.873. The number of nitrogens with zero attached hydrogens (tertiary/aromatic N) is 1. The summed E-state index contributed by atoms with van der Waals surface area (Å²) in [6, 6.07) is 5.45. The highest BCUT2D eigenvalue weighted by atomic mass is 16.5. The topological polar surface area (TPSA) is 78.9 Å². The molecule has 2 N–H and O–H groups in total. The molecule has 0 aliphatic carbocycles. The van der Waals surface area contributed by atoms with E-state index in [1.165, 1.54) is 0 Å². The molecule has 1 aromatic rings. The number of benzene rings is 1. The third-order valence-corrected chi connectivity index (χ3v) is 3.97. The monoisotopic (exact) mass is 320 g/mol. The van der Waals surface area contributed by atoms with Gasteiger partial charge in [0.1, 0.15) is 5.75 Å². The number of carbonyl (C=O) groups is 2. The van der Waals surface area contributed by atoms with Crippen molar-refractivity contribution in [2.24, 2.45) is 5.92 Å². The van der Waals surface area contributed by atoms with Crippen LogP contribution in [0.4, 0.5) is 10.5 Å². The molecule has 1 heterocycles. The van der Waals surface area contributed by atoms with E-state index in [9.17, 15) is 9.59 Å². The number of hydrogen-bond donors (Lipinski definition) is 2. The van der Waals surface area contributed by atoms with Gasteiger partial charge in [-0.15, -0.1) is 0 Å². The van der Waals surface area contributed by atoms with Crippen LogP contribution in [0, 0.1) is 12.8 Å². The first-order chi connectivity index (χ1) is 11.0. The Balaban J connectivity index is 1.99. The average molecular weight is 320 g/mol. The van der Waals surface area contributed by atoms with Gasteiger partial charge >= 0.3 is 12.0 Å². The summed E-state index contributed by atoms with van der Waals surface area (Å²) in [6.45, 7) is 5.51. The Morgan fingerprint density at radius 3 is 2.65 bits per heavy atom. The molecule has 0 saturated carbocycles. The highest BCUT2D eigenvalue weighted by Gasteiger charge is 2.27. The minimum Gasteiger partial charge on any atom is -0.491 e. The Morgan fingerprint density at radius 1 is 1.35 bits per heavy atom. The van der Waals surface area contributed by atoms with Crippen LogP contribution in [0.1, 0.15) is 31.7 Å². The number of amides is 2. The second-order valence-electron chi connectivity index (χ2n) is 5.88. The molecular weight excluding hydrogens is 296 g/mol. The van der Waals surface area contributed by atoms with E-state index in [0.717, 1.165) is 12.0 Å². The zero-order valence-electron chi connectivity index (χ0n) is 13.7. The Hall–Kier alpha value is -2.24. The van der Waals surface area contributed by atoms with Crippen molar-refractivity contribution >= 4 is 17.7 Å². The molecule has 0 bridgehead atoms. The van der Waals surface area contributed by atoms with Gasteiger partial charge in [0, 0.05) is 13.1 Å². The smallest absolute Gasteiger partial charge is 0.321 e. The van der Waals surface area contributed by atoms with Crippen LogP contribution >= 0.6 is 0 Å². The zero-order chi connectivity index (χ0) is 16.8. The van der Waals surface area contributed by atoms with Crippen molar-refractivity contribution in [3.63, 3.8) is 0 Å². The molecule has 1 saturated heterocycles. The lowest BCUT2D eigenvalue weighted by Gasteiger charge is -2.30. The minimum absolute atomic E-state index is 0.209. The number of carboxylic acid groups (broad SMARTS) is 1. The summed E-state index contributed by atoms with van der Waals surface area (Å²) in [5.74, 6) is -0.457. The SMILES string of the molecule is CCCOc1cc(C)ccc1NC(=O)N1CCC(C(=O)O)CC1. The third-order valence-electron chi connectivity index (χ3n) is 3.97. The first-order valence-electron chi connectivity index (χ1n) is 8.03. The van der Waals surface area contributed by atoms with Crippen LogP contribution in [0.5, 0.6) is 5.75 Å². The molecular formula is C17H24N2O4. The molecule has 126 valence electrons. The summed E-state index contributed by atoms with van der Waals surface area (Å²) in [4.78, 5) is 25.0. The number of carbonyl (C=O) groups excluding carboxylic acids is 1. The van der Waals surface area contributed by atoms with Crippen LogP contribution in [0.2, 0.25) is 0 Å². The van der Waals surface area contributed by atoms with Crippen LogP contribution in [-0.2, 0) is 4.79 Å². The summed E-state index contributed by atoms with van der Waals surface area (Å²) in [5.41, 5.74) is 1.71. The molecule has 6 nitrogen and oxygen atoms in total. The predicted octanol–water partition coefficient (Wildman–Crippen LogP) is 3.11. The summed E-state index contributed by atoms with van der Waals surface area (Å²) in [6.07, 6.45) is 1.88. The van der Waals surface area contributed by atoms with Gasteiger partial charge in [0.2, 0.25) is 0 Å². The largest absolute Gasteiger partial charge is 0.491 e. The number of aryl methyl sites for hydroxylation is 1. The molecule has 23 heavy (non-hydrogen) atoms. The van der Waals surface area contributed by atoms with Gasteiger partial charge in [0.15, 0.2) is 0 Å². The number of ether oxygens (including phenoxy) is 1. The number of urea groups is 1. The number of piperidine rings is 1. The third kappa shape index (κ3) is 4.61. The van der Waals surface area contributed by atoms with E-state index in [1.54, 1.807) is 4.90 Å². The van der Waals surface area contributed by atoms with Crippen molar-refractivity contribution in [1.29, 1.82) is 0 Å². The van der Waals surface area contributed by atoms with E-state index in [4.69, 9.17) is 9.84 Å². The molecule has 2 amide bonds. The van der Waals surface area contributed by atoms with Crippen LogP contribution < -0.4 is 10.1 Å². The molecule has 0 spiro atoms. The lowest BCUT2D eigenvalue weighted by Crippen LogP contribution is -2.42. The summed E-state index contributed by atoms with van der Waals surface area (Å²) in [5, 5.41) is 11.9. The molecule has 0 radical (unpaired) electrons. The second kappa shape index (κ2) is 7.85. The number of carboxylic acids is 1. The van der Waals surface area contributed by atoms with Gasteiger partial charge in [-0.3, -0.25) is 4.79 Å². The number of anilines is 1. The number of aliphatic carboxylic acids is 1. The van der Waals surface area contributed by atoms with Crippen molar-refractivity contribution < 1.29 is 19.4 Å². The highest BCUT2D eigenvalue weighted by molar-refractivity contribution is 5.91. The van der Waals surface area contributed by atoms with Crippen molar-refractivity contribution in [3.8, 4) is 5.75 Å². The summed E-state index contributed by atoms with van der Waals surface area (Å²) < 4.78 is 5.69. The van der Waals surface area contributed by atoms with Gasteiger partial charge in [-0.05, 0) is 43.9 Å². The maximum absolute atomic E-state index is 12.4. The maximum Gasteiger partial charge on any atom is 0.321 e. The number of likely N-dealkylation sites (tertiary alicyclic amines) is 1. The van der Waals surface area contributed by atoms with Crippen LogP contribution in [-0.4, -0.2) is 41.7 Å². The molecule has 1 aliphatic heterocycles. The lowest BCUT2D eigenvalue weighted by atomic mass is 9.97. The average Bonchev–Trinajstić information content (AvgIpc) is 2.55. The maximum atomic E-state index is 12.4. The fourth-order valence-electron chi connectivity index (χ4n) is 2.59. The van der Waals surface area contributed by atoms with Gasteiger partial charge in [0.25, 0.3) is 0 Å². The van der Waals surface area contributed by atoms with Crippen molar-refractivity contribution in [1.82, 2.24) is 4.90 Å². The molecule has 0 atom stereocenters.